The second-order valence-electron chi connectivity index (χ2n) is 5.63. The fourth-order valence-corrected chi connectivity index (χ4v) is 3.40. The summed E-state index contributed by atoms with van der Waals surface area (Å²) in [5.74, 6) is 0.724. The first-order valence-corrected chi connectivity index (χ1v) is 9.48. The van der Waals surface area contributed by atoms with E-state index < -0.39 is 4.92 Å². The molecular weight excluding hydrogens is 382 g/mol. The predicted molar refractivity (Wildman–Crippen MR) is 112 cm³/mol. The molecule has 0 aliphatic heterocycles. The van der Waals surface area contributed by atoms with Crippen LogP contribution in [0.25, 0.3) is 0 Å². The summed E-state index contributed by atoms with van der Waals surface area (Å²) < 4.78 is 0. The monoisotopic (exact) mass is 397 g/mol. The van der Waals surface area contributed by atoms with Gasteiger partial charge in [-0.05, 0) is 35.9 Å². The number of hydrazone groups is 1. The van der Waals surface area contributed by atoms with Crippen LogP contribution in [0, 0.1) is 10.1 Å². The summed E-state index contributed by atoms with van der Waals surface area (Å²) in [5, 5.41) is 16.0. The Bertz CT molecular complexity index is 947. The van der Waals surface area contributed by atoms with E-state index in [0.29, 0.717) is 10.6 Å². The van der Waals surface area contributed by atoms with Gasteiger partial charge in [0.25, 0.3) is 5.69 Å². The molecule has 7 heteroatoms. The van der Waals surface area contributed by atoms with Crippen molar-refractivity contribution in [2.45, 2.75) is 10.6 Å². The number of rotatable bonds is 7. The zero-order chi connectivity index (χ0) is 19.1. The summed E-state index contributed by atoms with van der Waals surface area (Å²) in [6.07, 6.45) is 1.60. The Morgan fingerprint density at radius 3 is 2.52 bits per heavy atom. The van der Waals surface area contributed by atoms with Gasteiger partial charge in [0.15, 0.2) is 0 Å². The van der Waals surface area contributed by atoms with E-state index in [-0.39, 0.29) is 5.69 Å². The zero-order valence-corrected chi connectivity index (χ0v) is 15.8. The van der Waals surface area contributed by atoms with Gasteiger partial charge in [-0.3, -0.25) is 15.5 Å². The van der Waals surface area contributed by atoms with Crippen molar-refractivity contribution in [3.8, 4) is 0 Å². The number of benzene rings is 3. The lowest BCUT2D eigenvalue weighted by Gasteiger charge is -2.07. The molecule has 3 rings (SSSR count). The molecule has 0 bridgehead atoms. The third-order valence-corrected chi connectivity index (χ3v) is 5.10. The number of nitro groups is 1. The second kappa shape index (κ2) is 9.21. The zero-order valence-electron chi connectivity index (χ0n) is 14.2. The summed E-state index contributed by atoms with van der Waals surface area (Å²) in [6, 6.07) is 21.9. The van der Waals surface area contributed by atoms with Crippen molar-refractivity contribution >= 4 is 41.0 Å². The molecule has 0 aliphatic carbocycles. The highest BCUT2D eigenvalue weighted by molar-refractivity contribution is 7.98. The summed E-state index contributed by atoms with van der Waals surface area (Å²) >= 11 is 7.50. The van der Waals surface area contributed by atoms with Crippen molar-refractivity contribution in [1.29, 1.82) is 0 Å². The maximum absolute atomic E-state index is 11.1. The van der Waals surface area contributed by atoms with Crippen LogP contribution in [-0.2, 0) is 5.75 Å². The quantitative estimate of drug-likeness (QED) is 0.230. The van der Waals surface area contributed by atoms with E-state index in [1.807, 2.05) is 54.6 Å². The number of non-ortho nitro benzene ring substituents is 1. The lowest BCUT2D eigenvalue weighted by molar-refractivity contribution is -0.384. The molecule has 0 spiro atoms. The molecule has 0 aliphatic rings. The third kappa shape index (κ3) is 5.57. The lowest BCUT2D eigenvalue weighted by atomic mass is 10.2. The molecule has 1 N–H and O–H groups in total. The van der Waals surface area contributed by atoms with Gasteiger partial charge in [0.05, 0.1) is 16.8 Å². The van der Waals surface area contributed by atoms with Crippen LogP contribution >= 0.6 is 23.4 Å². The number of nitrogens with one attached hydrogen (secondary N) is 1. The summed E-state index contributed by atoms with van der Waals surface area (Å²) in [6.45, 7) is 0. The van der Waals surface area contributed by atoms with Crippen LogP contribution < -0.4 is 5.43 Å². The molecular formula is C20H16ClN3O2S. The number of hydrogen-bond donors (Lipinski definition) is 1. The SMILES string of the molecule is O=[N+]([O-])c1ccc(SCc2ccc(Cl)cc2)c(C=NNc2ccccc2)c1. The predicted octanol–water partition coefficient (Wildman–Crippen LogP) is 5.99. The number of halogens is 1. The molecule has 0 saturated carbocycles. The molecule has 0 aromatic heterocycles. The van der Waals surface area contributed by atoms with Crippen LogP contribution in [0.15, 0.2) is 82.8 Å². The van der Waals surface area contributed by atoms with Gasteiger partial charge < -0.3 is 0 Å². The first kappa shape index (κ1) is 18.9. The number of nitro benzene ring substituents is 1. The Balaban J connectivity index is 1.77. The number of anilines is 1. The van der Waals surface area contributed by atoms with Crippen LogP contribution in [0.4, 0.5) is 11.4 Å². The van der Waals surface area contributed by atoms with Gasteiger partial charge in [-0.25, -0.2) is 0 Å². The lowest BCUT2D eigenvalue weighted by Crippen LogP contribution is -1.95. The molecule has 0 amide bonds. The number of hydrogen-bond acceptors (Lipinski definition) is 5. The van der Waals surface area contributed by atoms with Crippen molar-refractivity contribution in [2.75, 3.05) is 5.43 Å². The summed E-state index contributed by atoms with van der Waals surface area (Å²) in [4.78, 5) is 11.6. The smallest absolute Gasteiger partial charge is 0.270 e. The number of nitrogens with zero attached hydrogens (tertiary/aromatic N) is 2. The minimum Gasteiger partial charge on any atom is -0.279 e. The molecule has 3 aromatic rings. The van der Waals surface area contributed by atoms with E-state index in [0.717, 1.165) is 21.9 Å². The average molecular weight is 398 g/mol. The van der Waals surface area contributed by atoms with Gasteiger partial charge in [0, 0.05) is 33.4 Å². The van der Waals surface area contributed by atoms with E-state index in [4.69, 9.17) is 11.6 Å². The van der Waals surface area contributed by atoms with E-state index in [1.165, 1.54) is 12.1 Å². The van der Waals surface area contributed by atoms with Crippen molar-refractivity contribution in [2.24, 2.45) is 5.10 Å². The fraction of sp³-hybridized carbons (Fsp3) is 0.0500. The minimum atomic E-state index is -0.407. The Labute approximate surface area is 166 Å². The van der Waals surface area contributed by atoms with E-state index in [9.17, 15) is 10.1 Å². The van der Waals surface area contributed by atoms with E-state index in [2.05, 4.69) is 10.5 Å². The average Bonchev–Trinajstić information content (AvgIpc) is 2.69. The Kier molecular flexibility index (Phi) is 6.46. The van der Waals surface area contributed by atoms with Gasteiger partial charge in [0.2, 0.25) is 0 Å². The fourth-order valence-electron chi connectivity index (χ4n) is 2.31. The summed E-state index contributed by atoms with van der Waals surface area (Å²) in [7, 11) is 0. The molecule has 3 aromatic carbocycles. The second-order valence-corrected chi connectivity index (χ2v) is 7.08. The molecule has 136 valence electrons. The normalized spacial score (nSPS) is 10.9. The third-order valence-electron chi connectivity index (χ3n) is 3.68. The van der Waals surface area contributed by atoms with Crippen LogP contribution in [-0.4, -0.2) is 11.1 Å². The molecule has 0 fully saturated rings. The molecule has 5 nitrogen and oxygen atoms in total. The Morgan fingerprint density at radius 2 is 1.81 bits per heavy atom. The Morgan fingerprint density at radius 1 is 1.07 bits per heavy atom. The molecule has 27 heavy (non-hydrogen) atoms. The highest BCUT2D eigenvalue weighted by Gasteiger charge is 2.10. The van der Waals surface area contributed by atoms with Crippen molar-refractivity contribution in [1.82, 2.24) is 0 Å². The van der Waals surface area contributed by atoms with E-state index in [1.54, 1.807) is 24.0 Å². The van der Waals surface area contributed by atoms with Crippen LogP contribution in [0.3, 0.4) is 0 Å². The van der Waals surface area contributed by atoms with Gasteiger partial charge in [0.1, 0.15) is 0 Å². The summed E-state index contributed by atoms with van der Waals surface area (Å²) in [5.41, 5.74) is 5.61. The van der Waals surface area contributed by atoms with Crippen molar-refractivity contribution in [3.63, 3.8) is 0 Å². The molecule has 0 atom stereocenters. The maximum atomic E-state index is 11.1. The molecule has 0 heterocycles. The Hall–Kier alpha value is -2.83. The van der Waals surface area contributed by atoms with Crippen LogP contribution in [0.2, 0.25) is 5.02 Å². The van der Waals surface area contributed by atoms with Gasteiger partial charge in [-0.15, -0.1) is 11.8 Å². The van der Waals surface area contributed by atoms with Crippen LogP contribution in [0.5, 0.6) is 0 Å². The van der Waals surface area contributed by atoms with Gasteiger partial charge in [-0.1, -0.05) is 41.9 Å². The van der Waals surface area contributed by atoms with Gasteiger partial charge in [-0.2, -0.15) is 5.10 Å². The topological polar surface area (TPSA) is 67.5 Å². The largest absolute Gasteiger partial charge is 0.279 e. The van der Waals surface area contributed by atoms with E-state index >= 15 is 0 Å². The van der Waals surface area contributed by atoms with Gasteiger partial charge >= 0.3 is 0 Å². The number of thioether (sulfide) groups is 1. The highest BCUT2D eigenvalue weighted by atomic mass is 35.5. The first-order valence-electron chi connectivity index (χ1n) is 8.11. The molecule has 0 saturated heterocycles. The molecule has 0 unspecified atom stereocenters. The van der Waals surface area contributed by atoms with Crippen molar-refractivity contribution < 1.29 is 4.92 Å². The van der Waals surface area contributed by atoms with Crippen molar-refractivity contribution in [3.05, 3.63) is 99.1 Å². The maximum Gasteiger partial charge on any atom is 0.270 e. The minimum absolute atomic E-state index is 0.0343. The van der Waals surface area contributed by atoms with Crippen LogP contribution in [0.1, 0.15) is 11.1 Å². The highest BCUT2D eigenvalue weighted by Crippen LogP contribution is 2.29. The standard InChI is InChI=1S/C20H16ClN3O2S/c21-17-8-6-15(7-9-17)14-27-20-11-10-19(24(25)26)12-16(20)13-22-23-18-4-2-1-3-5-18/h1-13,23H,14H2. The number of para-hydroxylation sites is 1. The molecule has 0 radical (unpaired) electrons. The first-order chi connectivity index (χ1) is 13.1.